The van der Waals surface area contributed by atoms with Crippen LogP contribution in [-0.4, -0.2) is 14.5 Å². The highest BCUT2D eigenvalue weighted by Gasteiger charge is 2.13. The molecule has 16 heavy (non-hydrogen) atoms. The molecule has 0 aromatic carbocycles. The Labute approximate surface area is 91.0 Å². The molecule has 0 radical (unpaired) electrons. The highest BCUT2D eigenvalue weighted by Crippen LogP contribution is 2.11. The summed E-state index contributed by atoms with van der Waals surface area (Å²) >= 11 is 0. The molecule has 0 aliphatic rings. The molecule has 1 heterocycles. The van der Waals surface area contributed by atoms with E-state index >= 15 is 0 Å². The molecule has 0 saturated heterocycles. The van der Waals surface area contributed by atoms with Crippen LogP contribution in [0, 0.1) is 0 Å². The second-order valence-corrected chi connectivity index (χ2v) is 3.26. The maximum atomic E-state index is 11.5. The van der Waals surface area contributed by atoms with Crippen LogP contribution in [0.1, 0.15) is 18.9 Å². The Balaban J connectivity index is 3.34. The number of H-pyrrole nitrogens is 2. The van der Waals surface area contributed by atoms with Crippen molar-refractivity contribution >= 4 is 0 Å². The largest absolute Gasteiger partial charge is 0.333 e. The number of aromatic nitrogens is 3. The van der Waals surface area contributed by atoms with Gasteiger partial charge in [-0.25, -0.2) is 19.0 Å². The quantitative estimate of drug-likeness (QED) is 0.684. The van der Waals surface area contributed by atoms with Crippen LogP contribution in [0.2, 0.25) is 0 Å². The molecular formula is C10H13N3O3. The molecular weight excluding hydrogens is 210 g/mol. The van der Waals surface area contributed by atoms with Crippen molar-refractivity contribution in [1.29, 1.82) is 0 Å². The van der Waals surface area contributed by atoms with E-state index in [2.05, 4.69) is 13.2 Å². The van der Waals surface area contributed by atoms with Crippen molar-refractivity contribution in [3.63, 3.8) is 0 Å². The van der Waals surface area contributed by atoms with Gasteiger partial charge in [-0.15, -0.1) is 13.2 Å². The summed E-state index contributed by atoms with van der Waals surface area (Å²) < 4.78 is 0.963. The van der Waals surface area contributed by atoms with Crippen molar-refractivity contribution in [2.45, 2.75) is 18.9 Å². The molecule has 1 aromatic heterocycles. The fourth-order valence-corrected chi connectivity index (χ4v) is 1.46. The maximum Gasteiger partial charge on any atom is 0.333 e. The summed E-state index contributed by atoms with van der Waals surface area (Å²) in [5.41, 5.74) is -2.24. The first kappa shape index (κ1) is 12.0. The lowest BCUT2D eigenvalue weighted by Gasteiger charge is -2.13. The van der Waals surface area contributed by atoms with Crippen LogP contribution < -0.4 is 17.1 Å². The highest BCUT2D eigenvalue weighted by atomic mass is 16.2. The van der Waals surface area contributed by atoms with Gasteiger partial charge in [0, 0.05) is 0 Å². The smallest absolute Gasteiger partial charge is 0.259 e. The molecule has 0 amide bonds. The zero-order valence-electron chi connectivity index (χ0n) is 8.73. The van der Waals surface area contributed by atoms with Crippen LogP contribution in [0.3, 0.4) is 0 Å². The topological polar surface area (TPSA) is 87.7 Å². The first-order chi connectivity index (χ1) is 7.60. The lowest BCUT2D eigenvalue weighted by molar-refractivity contribution is 0.459. The monoisotopic (exact) mass is 223 g/mol. The third-order valence-electron chi connectivity index (χ3n) is 2.12. The van der Waals surface area contributed by atoms with E-state index < -0.39 is 17.1 Å². The van der Waals surface area contributed by atoms with Gasteiger partial charge in [0.2, 0.25) is 0 Å². The van der Waals surface area contributed by atoms with E-state index in [-0.39, 0.29) is 6.04 Å². The second kappa shape index (κ2) is 5.11. The van der Waals surface area contributed by atoms with Gasteiger partial charge in [0.15, 0.2) is 0 Å². The van der Waals surface area contributed by atoms with E-state index in [1.54, 1.807) is 12.2 Å². The number of nitrogens with one attached hydrogen (secondary N) is 2. The van der Waals surface area contributed by atoms with Crippen molar-refractivity contribution in [3.8, 4) is 0 Å². The number of hydrogen-bond donors (Lipinski definition) is 2. The van der Waals surface area contributed by atoms with E-state index in [1.165, 1.54) is 0 Å². The molecule has 1 rings (SSSR count). The molecule has 6 nitrogen and oxygen atoms in total. The average Bonchev–Trinajstić information content (AvgIpc) is 2.16. The Bertz CT molecular complexity index is 505. The first-order valence-electron chi connectivity index (χ1n) is 4.77. The van der Waals surface area contributed by atoms with Crippen LogP contribution in [0.25, 0.3) is 0 Å². The number of aromatic amines is 2. The number of nitrogens with zero attached hydrogens (tertiary/aromatic N) is 1. The first-order valence-corrected chi connectivity index (χ1v) is 4.77. The van der Waals surface area contributed by atoms with Crippen molar-refractivity contribution in [1.82, 2.24) is 14.5 Å². The second-order valence-electron chi connectivity index (χ2n) is 3.26. The van der Waals surface area contributed by atoms with Gasteiger partial charge in [0.05, 0.1) is 6.04 Å². The minimum absolute atomic E-state index is 0.372. The Morgan fingerprint density at radius 3 is 1.88 bits per heavy atom. The molecule has 1 aromatic rings. The van der Waals surface area contributed by atoms with Gasteiger partial charge in [0.1, 0.15) is 0 Å². The SMILES string of the molecule is C=CCC(CC=C)n1c(=O)[nH]c(=O)[nH]c1=O. The van der Waals surface area contributed by atoms with Gasteiger partial charge in [0.25, 0.3) is 0 Å². The van der Waals surface area contributed by atoms with E-state index in [4.69, 9.17) is 0 Å². The maximum absolute atomic E-state index is 11.5. The van der Waals surface area contributed by atoms with E-state index in [0.29, 0.717) is 12.8 Å². The summed E-state index contributed by atoms with van der Waals surface area (Å²) in [5, 5.41) is 0. The average molecular weight is 223 g/mol. The predicted molar refractivity (Wildman–Crippen MR) is 60.6 cm³/mol. The van der Waals surface area contributed by atoms with Gasteiger partial charge < -0.3 is 0 Å². The minimum atomic E-state index is -0.804. The van der Waals surface area contributed by atoms with Crippen LogP contribution >= 0.6 is 0 Å². The lowest BCUT2D eigenvalue weighted by Crippen LogP contribution is -2.45. The van der Waals surface area contributed by atoms with Crippen molar-refractivity contribution in [2.24, 2.45) is 0 Å². The Morgan fingerprint density at radius 1 is 1.06 bits per heavy atom. The Kier molecular flexibility index (Phi) is 3.82. The summed E-state index contributed by atoms with van der Waals surface area (Å²) in [5.74, 6) is 0. The van der Waals surface area contributed by atoms with Crippen molar-refractivity contribution in [3.05, 3.63) is 56.8 Å². The molecule has 0 unspecified atom stereocenters. The summed E-state index contributed by atoms with van der Waals surface area (Å²) in [7, 11) is 0. The van der Waals surface area contributed by atoms with Gasteiger partial charge in [-0.05, 0) is 12.8 Å². The fraction of sp³-hybridized carbons (Fsp3) is 0.300. The van der Waals surface area contributed by atoms with Crippen LogP contribution in [0.15, 0.2) is 39.7 Å². The molecule has 0 bridgehead atoms. The zero-order valence-corrected chi connectivity index (χ0v) is 8.73. The van der Waals surface area contributed by atoms with Gasteiger partial charge in [-0.3, -0.25) is 9.97 Å². The molecule has 0 atom stereocenters. The van der Waals surface area contributed by atoms with E-state index in [9.17, 15) is 14.4 Å². The van der Waals surface area contributed by atoms with Gasteiger partial charge in [-0.2, -0.15) is 0 Å². The fourth-order valence-electron chi connectivity index (χ4n) is 1.46. The molecule has 6 heteroatoms. The molecule has 86 valence electrons. The minimum Gasteiger partial charge on any atom is -0.259 e. The van der Waals surface area contributed by atoms with Crippen molar-refractivity contribution in [2.75, 3.05) is 0 Å². The standard InChI is InChI=1S/C10H13N3O3/c1-3-5-7(6-4-2)13-9(15)11-8(14)12-10(13)16/h3-4,7H,1-2,5-6H2,(H2,11,12,14,15,16). The molecule has 0 saturated carbocycles. The highest BCUT2D eigenvalue weighted by molar-refractivity contribution is 4.86. The Hall–Kier alpha value is -2.11. The lowest BCUT2D eigenvalue weighted by atomic mass is 10.1. The third kappa shape index (κ3) is 2.47. The summed E-state index contributed by atoms with van der Waals surface area (Å²) in [6.45, 7) is 7.10. The van der Waals surface area contributed by atoms with E-state index in [0.717, 1.165) is 4.57 Å². The van der Waals surface area contributed by atoms with Crippen LogP contribution in [0.4, 0.5) is 0 Å². The normalized spacial score (nSPS) is 10.3. The molecule has 0 aliphatic heterocycles. The van der Waals surface area contributed by atoms with Crippen LogP contribution in [0.5, 0.6) is 0 Å². The number of rotatable bonds is 5. The van der Waals surface area contributed by atoms with Gasteiger partial charge >= 0.3 is 17.1 Å². The summed E-state index contributed by atoms with van der Waals surface area (Å²) in [6, 6.07) is -0.372. The molecule has 0 aliphatic carbocycles. The summed E-state index contributed by atoms with van der Waals surface area (Å²) in [6.07, 6.45) is 4.10. The van der Waals surface area contributed by atoms with E-state index in [1.807, 2.05) is 9.97 Å². The van der Waals surface area contributed by atoms with Gasteiger partial charge in [-0.1, -0.05) is 12.2 Å². The summed E-state index contributed by atoms with van der Waals surface area (Å²) in [4.78, 5) is 37.8. The van der Waals surface area contributed by atoms with Crippen molar-refractivity contribution < 1.29 is 0 Å². The van der Waals surface area contributed by atoms with Crippen LogP contribution in [-0.2, 0) is 0 Å². The molecule has 0 fully saturated rings. The molecule has 2 N–H and O–H groups in total. The molecule has 0 spiro atoms. The number of hydrogen-bond acceptors (Lipinski definition) is 3. The third-order valence-corrected chi connectivity index (χ3v) is 2.12. The predicted octanol–water partition coefficient (Wildman–Crippen LogP) is -0.0818. The number of allylic oxidation sites excluding steroid dienone is 2. The Morgan fingerprint density at radius 2 is 1.50 bits per heavy atom. The zero-order chi connectivity index (χ0) is 12.1.